The standard InChI is InChI=1S/C19H24FN5O3S/c20-14-4-6-15(7-5-14)22-18(27)19-24-23-17(29-19)13-28-12-16(26)21-8-11-25-9-2-1-3-10-25/h4-7H,1-3,8-13H2,(H,21,26)(H,22,27). The third-order valence-corrected chi connectivity index (χ3v) is 5.32. The number of nitrogens with one attached hydrogen (secondary N) is 2. The molecule has 1 fully saturated rings. The van der Waals surface area contributed by atoms with E-state index in [1.807, 2.05) is 0 Å². The van der Waals surface area contributed by atoms with Gasteiger partial charge in [-0.3, -0.25) is 9.59 Å². The molecule has 0 unspecified atom stereocenters. The van der Waals surface area contributed by atoms with Crippen molar-refractivity contribution in [2.75, 3.05) is 38.1 Å². The first-order valence-electron chi connectivity index (χ1n) is 9.56. The minimum atomic E-state index is -0.434. The molecule has 2 amide bonds. The zero-order valence-corrected chi connectivity index (χ0v) is 16.8. The molecule has 0 atom stereocenters. The maximum absolute atomic E-state index is 12.9. The number of carbonyl (C=O) groups is 2. The number of amides is 2. The van der Waals surface area contributed by atoms with Gasteiger partial charge in [-0.2, -0.15) is 0 Å². The third-order valence-electron chi connectivity index (χ3n) is 4.42. The number of hydrogen-bond donors (Lipinski definition) is 2. The number of halogens is 1. The van der Waals surface area contributed by atoms with Crippen LogP contribution in [0.5, 0.6) is 0 Å². The molecule has 3 rings (SSSR count). The van der Waals surface area contributed by atoms with E-state index in [0.29, 0.717) is 17.2 Å². The fourth-order valence-electron chi connectivity index (χ4n) is 2.94. The average Bonchev–Trinajstić information content (AvgIpc) is 3.20. The van der Waals surface area contributed by atoms with Gasteiger partial charge < -0.3 is 20.3 Å². The largest absolute Gasteiger partial charge is 0.364 e. The SMILES string of the molecule is O=C(COCc1nnc(C(=O)Nc2ccc(F)cc2)s1)NCCN1CCCCC1. The van der Waals surface area contributed by atoms with Gasteiger partial charge in [-0.05, 0) is 50.2 Å². The molecule has 0 bridgehead atoms. The van der Waals surface area contributed by atoms with Crippen LogP contribution in [0.4, 0.5) is 10.1 Å². The molecule has 1 aliphatic heterocycles. The summed E-state index contributed by atoms with van der Waals surface area (Å²) in [5.41, 5.74) is 0.464. The van der Waals surface area contributed by atoms with Gasteiger partial charge in [-0.25, -0.2) is 4.39 Å². The summed E-state index contributed by atoms with van der Waals surface area (Å²) in [5, 5.41) is 13.8. The summed E-state index contributed by atoms with van der Waals surface area (Å²) in [6.45, 7) is 3.68. The number of anilines is 1. The molecule has 10 heteroatoms. The van der Waals surface area contributed by atoms with E-state index in [9.17, 15) is 14.0 Å². The zero-order chi connectivity index (χ0) is 20.5. The molecule has 2 N–H and O–H groups in total. The van der Waals surface area contributed by atoms with Crippen molar-refractivity contribution in [2.24, 2.45) is 0 Å². The molecule has 2 aromatic rings. The maximum atomic E-state index is 12.9. The van der Waals surface area contributed by atoms with E-state index in [-0.39, 0.29) is 29.9 Å². The van der Waals surface area contributed by atoms with Gasteiger partial charge in [0.25, 0.3) is 5.91 Å². The van der Waals surface area contributed by atoms with Crippen LogP contribution in [0.25, 0.3) is 0 Å². The molecule has 2 heterocycles. The first-order chi connectivity index (χ1) is 14.1. The number of nitrogens with zero attached hydrogens (tertiary/aromatic N) is 3. The van der Waals surface area contributed by atoms with Crippen molar-refractivity contribution in [1.29, 1.82) is 0 Å². The van der Waals surface area contributed by atoms with Crippen LogP contribution in [0.1, 0.15) is 34.1 Å². The molecule has 0 spiro atoms. The summed E-state index contributed by atoms with van der Waals surface area (Å²) >= 11 is 1.08. The van der Waals surface area contributed by atoms with E-state index < -0.39 is 5.91 Å². The van der Waals surface area contributed by atoms with Gasteiger partial charge in [0.1, 0.15) is 24.0 Å². The van der Waals surface area contributed by atoms with Crippen molar-refractivity contribution in [1.82, 2.24) is 20.4 Å². The highest BCUT2D eigenvalue weighted by molar-refractivity contribution is 7.13. The van der Waals surface area contributed by atoms with Crippen LogP contribution in [0.2, 0.25) is 0 Å². The molecule has 1 aromatic heterocycles. The minimum Gasteiger partial charge on any atom is -0.364 e. The lowest BCUT2D eigenvalue weighted by molar-refractivity contribution is -0.126. The Labute approximate surface area is 172 Å². The van der Waals surface area contributed by atoms with Crippen molar-refractivity contribution in [3.05, 3.63) is 40.1 Å². The average molecular weight is 421 g/mol. The second-order valence-electron chi connectivity index (χ2n) is 6.71. The monoisotopic (exact) mass is 421 g/mol. The molecule has 0 radical (unpaired) electrons. The number of ether oxygens (including phenoxy) is 1. The predicted octanol–water partition coefficient (Wildman–Crippen LogP) is 2.05. The quantitative estimate of drug-likeness (QED) is 0.643. The summed E-state index contributed by atoms with van der Waals surface area (Å²) < 4.78 is 18.3. The fraction of sp³-hybridized carbons (Fsp3) is 0.474. The number of carbonyl (C=O) groups excluding carboxylic acids is 2. The van der Waals surface area contributed by atoms with Crippen LogP contribution in [0.15, 0.2) is 24.3 Å². The predicted molar refractivity (Wildman–Crippen MR) is 107 cm³/mol. The van der Waals surface area contributed by atoms with Gasteiger partial charge in [-0.15, -0.1) is 10.2 Å². The van der Waals surface area contributed by atoms with Crippen molar-refractivity contribution in [3.63, 3.8) is 0 Å². The molecule has 156 valence electrons. The van der Waals surface area contributed by atoms with Gasteiger partial charge in [0.05, 0.1) is 0 Å². The Hall–Kier alpha value is -2.43. The van der Waals surface area contributed by atoms with E-state index in [2.05, 4.69) is 25.7 Å². The number of likely N-dealkylation sites (tertiary alicyclic amines) is 1. The molecule has 0 saturated carbocycles. The lowest BCUT2D eigenvalue weighted by atomic mass is 10.1. The Bertz CT molecular complexity index is 808. The number of aromatic nitrogens is 2. The Morgan fingerprint density at radius 3 is 2.66 bits per heavy atom. The third kappa shape index (κ3) is 7.15. The fourth-order valence-corrected chi connectivity index (χ4v) is 3.61. The highest BCUT2D eigenvalue weighted by Gasteiger charge is 2.14. The van der Waals surface area contributed by atoms with Crippen LogP contribution in [0.3, 0.4) is 0 Å². The first-order valence-corrected chi connectivity index (χ1v) is 10.4. The number of rotatable bonds is 9. The maximum Gasteiger partial charge on any atom is 0.286 e. The second kappa shape index (κ2) is 10.9. The molecule has 1 aromatic carbocycles. The van der Waals surface area contributed by atoms with E-state index in [1.165, 1.54) is 43.5 Å². The first kappa shape index (κ1) is 21.3. The van der Waals surface area contributed by atoms with Crippen LogP contribution >= 0.6 is 11.3 Å². The number of piperidine rings is 1. The lowest BCUT2D eigenvalue weighted by Crippen LogP contribution is -2.38. The molecule has 8 nitrogen and oxygen atoms in total. The Kier molecular flexibility index (Phi) is 8.03. The number of benzene rings is 1. The summed E-state index contributed by atoms with van der Waals surface area (Å²) in [7, 11) is 0. The van der Waals surface area contributed by atoms with Gasteiger partial charge in [0.2, 0.25) is 10.9 Å². The van der Waals surface area contributed by atoms with Gasteiger partial charge >= 0.3 is 0 Å². The Balaban J connectivity index is 1.33. The molecule has 0 aliphatic carbocycles. The van der Waals surface area contributed by atoms with Crippen molar-refractivity contribution < 1.29 is 18.7 Å². The van der Waals surface area contributed by atoms with Crippen LogP contribution in [-0.2, 0) is 16.1 Å². The molecular formula is C19H24FN5O3S. The topological polar surface area (TPSA) is 96.5 Å². The zero-order valence-electron chi connectivity index (χ0n) is 16.0. The highest BCUT2D eigenvalue weighted by atomic mass is 32.1. The van der Waals surface area contributed by atoms with Crippen molar-refractivity contribution >= 4 is 28.8 Å². The van der Waals surface area contributed by atoms with E-state index in [4.69, 9.17) is 4.74 Å². The van der Waals surface area contributed by atoms with E-state index >= 15 is 0 Å². The molecule has 1 aliphatic rings. The van der Waals surface area contributed by atoms with Crippen molar-refractivity contribution in [3.8, 4) is 0 Å². The van der Waals surface area contributed by atoms with Gasteiger partial charge in [0.15, 0.2) is 0 Å². The highest BCUT2D eigenvalue weighted by Crippen LogP contribution is 2.14. The van der Waals surface area contributed by atoms with Crippen LogP contribution in [-0.4, -0.2) is 59.7 Å². The van der Waals surface area contributed by atoms with Gasteiger partial charge in [0, 0.05) is 18.8 Å². The molecule has 1 saturated heterocycles. The normalized spacial score (nSPS) is 14.5. The smallest absolute Gasteiger partial charge is 0.286 e. The van der Waals surface area contributed by atoms with E-state index in [1.54, 1.807) is 0 Å². The van der Waals surface area contributed by atoms with Crippen molar-refractivity contribution in [2.45, 2.75) is 25.9 Å². The van der Waals surface area contributed by atoms with E-state index in [0.717, 1.165) is 31.0 Å². The summed E-state index contributed by atoms with van der Waals surface area (Å²) in [6.07, 6.45) is 3.74. The summed E-state index contributed by atoms with van der Waals surface area (Å²) in [6, 6.07) is 5.43. The Morgan fingerprint density at radius 2 is 1.90 bits per heavy atom. The second-order valence-corrected chi connectivity index (χ2v) is 7.77. The Morgan fingerprint density at radius 1 is 1.14 bits per heavy atom. The summed E-state index contributed by atoms with van der Waals surface area (Å²) in [4.78, 5) is 26.3. The lowest BCUT2D eigenvalue weighted by Gasteiger charge is -2.26. The van der Waals surface area contributed by atoms with Crippen LogP contribution < -0.4 is 10.6 Å². The molecule has 29 heavy (non-hydrogen) atoms. The summed E-state index contributed by atoms with van der Waals surface area (Å²) in [5.74, 6) is -0.995. The minimum absolute atomic E-state index is 0.0727. The molecular weight excluding hydrogens is 397 g/mol. The number of hydrogen-bond acceptors (Lipinski definition) is 7. The van der Waals surface area contributed by atoms with Gasteiger partial charge in [-0.1, -0.05) is 17.8 Å². The van der Waals surface area contributed by atoms with Crippen LogP contribution in [0, 0.1) is 5.82 Å².